The van der Waals surface area contributed by atoms with E-state index >= 15 is 0 Å². The van der Waals surface area contributed by atoms with Crippen LogP contribution in [-0.2, 0) is 18.9 Å². The lowest BCUT2D eigenvalue weighted by Gasteiger charge is -2.40. The minimum atomic E-state index is -0.00123. The molecule has 1 rings (SSSR count). The third kappa shape index (κ3) is 4.25. The Morgan fingerprint density at radius 3 is 2.13 bits per heavy atom. The van der Waals surface area contributed by atoms with Gasteiger partial charge in [-0.25, -0.2) is 0 Å². The Balaban J connectivity index is 2.10. The molecule has 0 saturated heterocycles. The predicted molar refractivity (Wildman–Crippen MR) is 57.5 cm³/mol. The van der Waals surface area contributed by atoms with E-state index in [0.29, 0.717) is 26.4 Å². The van der Waals surface area contributed by atoms with Crippen LogP contribution in [0.5, 0.6) is 0 Å². The average Bonchev–Trinajstić information content (AvgIpc) is 2.23. The van der Waals surface area contributed by atoms with Crippen molar-refractivity contribution in [3.63, 3.8) is 0 Å². The predicted octanol–water partition coefficient (Wildman–Crippen LogP) is 1.06. The summed E-state index contributed by atoms with van der Waals surface area (Å²) in [5.41, 5.74) is 0. The summed E-state index contributed by atoms with van der Waals surface area (Å²) in [6.07, 6.45) is 0.960. The molecule has 0 heterocycles. The summed E-state index contributed by atoms with van der Waals surface area (Å²) in [4.78, 5) is 0. The van der Waals surface area contributed by atoms with Gasteiger partial charge >= 0.3 is 0 Å². The van der Waals surface area contributed by atoms with Gasteiger partial charge in [0.05, 0.1) is 37.9 Å². The van der Waals surface area contributed by atoms with Gasteiger partial charge in [0.1, 0.15) is 6.10 Å². The first-order valence-electron chi connectivity index (χ1n) is 5.14. The summed E-state index contributed by atoms with van der Waals surface area (Å²) >= 11 is 6.02. The standard InChI is InChI=1S/C10H19ClO4/c1-12-3-5-14-9-7-8(11)10(9)15-6-4-13-2/h8-10H,3-7H2,1-2H3. The van der Waals surface area contributed by atoms with Crippen LogP contribution in [0.25, 0.3) is 0 Å². The number of methoxy groups -OCH3 is 2. The molecule has 15 heavy (non-hydrogen) atoms. The molecule has 0 radical (unpaired) electrons. The fourth-order valence-electron chi connectivity index (χ4n) is 1.45. The van der Waals surface area contributed by atoms with Gasteiger partial charge in [0.15, 0.2) is 0 Å². The van der Waals surface area contributed by atoms with Crippen LogP contribution >= 0.6 is 11.6 Å². The molecule has 1 saturated carbocycles. The molecule has 3 atom stereocenters. The molecule has 0 aromatic carbocycles. The molecule has 4 nitrogen and oxygen atoms in total. The molecule has 5 heteroatoms. The van der Waals surface area contributed by atoms with Crippen molar-refractivity contribution in [1.29, 1.82) is 0 Å². The monoisotopic (exact) mass is 238 g/mol. The van der Waals surface area contributed by atoms with E-state index in [0.717, 1.165) is 6.42 Å². The largest absolute Gasteiger partial charge is 0.382 e. The minimum Gasteiger partial charge on any atom is -0.382 e. The smallest absolute Gasteiger partial charge is 0.100 e. The maximum absolute atomic E-state index is 6.02. The molecule has 0 bridgehead atoms. The summed E-state index contributed by atoms with van der Waals surface area (Å²) < 4.78 is 20.9. The Kier molecular flexibility index (Phi) is 6.52. The maximum Gasteiger partial charge on any atom is 0.100 e. The Bertz CT molecular complexity index is 168. The number of hydrogen-bond donors (Lipinski definition) is 0. The van der Waals surface area contributed by atoms with Gasteiger partial charge in [0.25, 0.3) is 0 Å². The number of halogens is 1. The highest BCUT2D eigenvalue weighted by Gasteiger charge is 2.41. The van der Waals surface area contributed by atoms with Crippen molar-refractivity contribution >= 4 is 11.6 Å². The van der Waals surface area contributed by atoms with Crippen LogP contribution in [0.3, 0.4) is 0 Å². The van der Waals surface area contributed by atoms with Crippen LogP contribution in [0.15, 0.2) is 0 Å². The van der Waals surface area contributed by atoms with Gasteiger partial charge in [-0.15, -0.1) is 11.6 Å². The van der Waals surface area contributed by atoms with Crippen molar-refractivity contribution in [2.45, 2.75) is 24.0 Å². The summed E-state index contributed by atoms with van der Waals surface area (Å²) in [6, 6.07) is 0. The van der Waals surface area contributed by atoms with Gasteiger partial charge in [-0.3, -0.25) is 0 Å². The van der Waals surface area contributed by atoms with E-state index in [2.05, 4.69) is 0 Å². The van der Waals surface area contributed by atoms with Gasteiger partial charge in [0, 0.05) is 14.2 Å². The van der Waals surface area contributed by atoms with Crippen molar-refractivity contribution in [1.82, 2.24) is 0 Å². The van der Waals surface area contributed by atoms with E-state index < -0.39 is 0 Å². The fourth-order valence-corrected chi connectivity index (χ4v) is 1.86. The molecule has 0 aliphatic heterocycles. The molecule has 0 aromatic heterocycles. The first kappa shape index (κ1) is 13.2. The van der Waals surface area contributed by atoms with Gasteiger partial charge in [0.2, 0.25) is 0 Å². The first-order valence-corrected chi connectivity index (χ1v) is 5.58. The van der Waals surface area contributed by atoms with E-state index in [1.54, 1.807) is 14.2 Å². The molecule has 0 aromatic rings. The number of rotatable bonds is 8. The van der Waals surface area contributed by atoms with Crippen molar-refractivity contribution in [2.24, 2.45) is 0 Å². The summed E-state index contributed by atoms with van der Waals surface area (Å²) in [5.74, 6) is 0. The van der Waals surface area contributed by atoms with Crippen LogP contribution < -0.4 is 0 Å². The second-order valence-corrected chi connectivity index (χ2v) is 4.04. The molecule has 1 aliphatic carbocycles. The molecule has 0 spiro atoms. The Hall–Kier alpha value is 0.130. The average molecular weight is 239 g/mol. The van der Waals surface area contributed by atoms with Crippen molar-refractivity contribution in [2.75, 3.05) is 40.6 Å². The number of alkyl halides is 1. The maximum atomic E-state index is 6.02. The molecule has 1 aliphatic rings. The van der Waals surface area contributed by atoms with Gasteiger partial charge < -0.3 is 18.9 Å². The molecule has 0 N–H and O–H groups in total. The Morgan fingerprint density at radius 2 is 1.60 bits per heavy atom. The minimum absolute atomic E-state index is 0.00123. The Labute approximate surface area is 95.8 Å². The molecule has 1 fully saturated rings. The van der Waals surface area contributed by atoms with Gasteiger partial charge in [-0.2, -0.15) is 0 Å². The molecular weight excluding hydrogens is 220 g/mol. The molecule has 0 amide bonds. The summed E-state index contributed by atoms with van der Waals surface area (Å²) in [6.45, 7) is 2.35. The summed E-state index contributed by atoms with van der Waals surface area (Å²) in [5, 5.41) is 0.0643. The third-order valence-corrected chi connectivity index (χ3v) is 2.82. The summed E-state index contributed by atoms with van der Waals surface area (Å²) in [7, 11) is 3.30. The second-order valence-electron chi connectivity index (χ2n) is 3.48. The van der Waals surface area contributed by atoms with E-state index in [9.17, 15) is 0 Å². The van der Waals surface area contributed by atoms with Crippen molar-refractivity contribution < 1.29 is 18.9 Å². The van der Waals surface area contributed by atoms with Crippen molar-refractivity contribution in [3.8, 4) is 0 Å². The van der Waals surface area contributed by atoms with Crippen LogP contribution in [0.2, 0.25) is 0 Å². The lowest BCUT2D eigenvalue weighted by Crippen LogP contribution is -2.51. The second kappa shape index (κ2) is 7.41. The Morgan fingerprint density at radius 1 is 1.00 bits per heavy atom. The van der Waals surface area contributed by atoms with Crippen LogP contribution in [0.1, 0.15) is 6.42 Å². The number of hydrogen-bond acceptors (Lipinski definition) is 4. The molecule has 90 valence electrons. The highest BCUT2D eigenvalue weighted by molar-refractivity contribution is 6.21. The zero-order chi connectivity index (χ0) is 11.1. The molecular formula is C10H19ClO4. The quantitative estimate of drug-likeness (QED) is 0.468. The first-order chi connectivity index (χ1) is 7.29. The zero-order valence-corrected chi connectivity index (χ0v) is 10.0. The van der Waals surface area contributed by atoms with Crippen LogP contribution in [0.4, 0.5) is 0 Å². The van der Waals surface area contributed by atoms with Crippen LogP contribution in [-0.4, -0.2) is 58.2 Å². The van der Waals surface area contributed by atoms with Gasteiger partial charge in [-0.05, 0) is 6.42 Å². The van der Waals surface area contributed by atoms with Gasteiger partial charge in [-0.1, -0.05) is 0 Å². The van der Waals surface area contributed by atoms with Crippen LogP contribution in [0, 0.1) is 0 Å². The SMILES string of the molecule is COCCOC1CC(Cl)C1OCCOC. The highest BCUT2D eigenvalue weighted by atomic mass is 35.5. The normalized spacial score (nSPS) is 30.2. The zero-order valence-electron chi connectivity index (χ0n) is 9.28. The van der Waals surface area contributed by atoms with E-state index in [4.69, 9.17) is 30.5 Å². The van der Waals surface area contributed by atoms with Crippen molar-refractivity contribution in [3.05, 3.63) is 0 Å². The highest BCUT2D eigenvalue weighted by Crippen LogP contribution is 2.31. The molecule has 3 unspecified atom stereocenters. The topological polar surface area (TPSA) is 36.9 Å². The third-order valence-electron chi connectivity index (χ3n) is 2.40. The van der Waals surface area contributed by atoms with E-state index in [1.165, 1.54) is 0 Å². The van der Waals surface area contributed by atoms with E-state index in [-0.39, 0.29) is 17.6 Å². The fraction of sp³-hybridized carbons (Fsp3) is 1.00. The lowest BCUT2D eigenvalue weighted by molar-refractivity contribution is -0.135. The van der Waals surface area contributed by atoms with E-state index in [1.807, 2.05) is 0 Å². The number of ether oxygens (including phenoxy) is 4. The lowest BCUT2D eigenvalue weighted by atomic mass is 9.91.